The standard InChI is InChI=1S/C14H25N3/c1-17(2)11-10-16-14(12-15)9-8-13-6-4-3-5-7-13/h3-7,14,16H,8-12,15H2,1-2H3. The van der Waals surface area contributed by atoms with Crippen molar-refractivity contribution in [3.05, 3.63) is 35.9 Å². The lowest BCUT2D eigenvalue weighted by molar-refractivity contribution is 0.378. The molecule has 1 unspecified atom stereocenters. The molecular weight excluding hydrogens is 210 g/mol. The van der Waals surface area contributed by atoms with E-state index in [1.165, 1.54) is 5.56 Å². The maximum Gasteiger partial charge on any atom is 0.0193 e. The Morgan fingerprint density at radius 2 is 1.94 bits per heavy atom. The highest BCUT2D eigenvalue weighted by molar-refractivity contribution is 5.14. The average Bonchev–Trinajstić information content (AvgIpc) is 2.34. The fourth-order valence-electron chi connectivity index (χ4n) is 1.78. The molecule has 1 atom stereocenters. The van der Waals surface area contributed by atoms with Crippen LogP contribution in [-0.4, -0.2) is 44.7 Å². The number of hydrogen-bond acceptors (Lipinski definition) is 3. The minimum atomic E-state index is 0.426. The lowest BCUT2D eigenvalue weighted by atomic mass is 10.1. The van der Waals surface area contributed by atoms with Gasteiger partial charge in [-0.1, -0.05) is 30.3 Å². The molecule has 1 aromatic rings. The first-order valence-corrected chi connectivity index (χ1v) is 6.34. The monoisotopic (exact) mass is 235 g/mol. The van der Waals surface area contributed by atoms with Crippen molar-refractivity contribution in [3.8, 4) is 0 Å². The molecular formula is C14H25N3. The van der Waals surface area contributed by atoms with Crippen LogP contribution in [0.1, 0.15) is 12.0 Å². The zero-order chi connectivity index (χ0) is 12.5. The van der Waals surface area contributed by atoms with Crippen LogP contribution in [-0.2, 0) is 6.42 Å². The molecule has 17 heavy (non-hydrogen) atoms. The molecule has 1 rings (SSSR count). The van der Waals surface area contributed by atoms with E-state index >= 15 is 0 Å². The fourth-order valence-corrected chi connectivity index (χ4v) is 1.78. The quantitative estimate of drug-likeness (QED) is 0.709. The molecule has 3 N–H and O–H groups in total. The second kappa shape index (κ2) is 8.23. The number of nitrogens with two attached hydrogens (primary N) is 1. The van der Waals surface area contributed by atoms with Gasteiger partial charge in [-0.15, -0.1) is 0 Å². The summed E-state index contributed by atoms with van der Waals surface area (Å²) in [5.41, 5.74) is 7.17. The van der Waals surface area contributed by atoms with Gasteiger partial charge in [-0.05, 0) is 32.5 Å². The van der Waals surface area contributed by atoms with Gasteiger partial charge in [-0.3, -0.25) is 0 Å². The maximum absolute atomic E-state index is 5.78. The SMILES string of the molecule is CN(C)CCNC(CN)CCc1ccccc1. The minimum Gasteiger partial charge on any atom is -0.329 e. The van der Waals surface area contributed by atoms with Crippen LogP contribution < -0.4 is 11.1 Å². The summed E-state index contributed by atoms with van der Waals surface area (Å²) in [5.74, 6) is 0. The van der Waals surface area contributed by atoms with Gasteiger partial charge < -0.3 is 16.0 Å². The molecule has 0 saturated carbocycles. The van der Waals surface area contributed by atoms with Gasteiger partial charge in [0.2, 0.25) is 0 Å². The van der Waals surface area contributed by atoms with Crippen LogP contribution in [0.15, 0.2) is 30.3 Å². The molecule has 0 aliphatic carbocycles. The van der Waals surface area contributed by atoms with E-state index in [4.69, 9.17) is 5.73 Å². The van der Waals surface area contributed by atoms with Gasteiger partial charge in [0.05, 0.1) is 0 Å². The Labute approximate surface area is 105 Å². The smallest absolute Gasteiger partial charge is 0.0193 e. The highest BCUT2D eigenvalue weighted by atomic mass is 15.1. The summed E-state index contributed by atoms with van der Waals surface area (Å²) < 4.78 is 0. The van der Waals surface area contributed by atoms with E-state index in [0.717, 1.165) is 25.9 Å². The Bertz CT molecular complexity index is 285. The number of benzene rings is 1. The van der Waals surface area contributed by atoms with Crippen molar-refractivity contribution in [2.45, 2.75) is 18.9 Å². The van der Waals surface area contributed by atoms with E-state index < -0.39 is 0 Å². The van der Waals surface area contributed by atoms with Crippen molar-refractivity contribution in [3.63, 3.8) is 0 Å². The summed E-state index contributed by atoms with van der Waals surface area (Å²) in [4.78, 5) is 2.18. The van der Waals surface area contributed by atoms with Crippen LogP contribution in [0, 0.1) is 0 Å². The lowest BCUT2D eigenvalue weighted by Gasteiger charge is -2.18. The predicted molar refractivity (Wildman–Crippen MR) is 74.2 cm³/mol. The molecule has 0 aliphatic heterocycles. The van der Waals surface area contributed by atoms with Crippen LogP contribution in [0.2, 0.25) is 0 Å². The summed E-state index contributed by atoms with van der Waals surface area (Å²) in [7, 11) is 4.17. The molecule has 0 amide bonds. The molecule has 0 aliphatic rings. The van der Waals surface area contributed by atoms with E-state index in [0.29, 0.717) is 12.6 Å². The summed E-state index contributed by atoms with van der Waals surface area (Å²) in [6.45, 7) is 2.77. The molecule has 3 heteroatoms. The highest BCUT2D eigenvalue weighted by Gasteiger charge is 2.05. The van der Waals surface area contributed by atoms with Gasteiger partial charge in [-0.2, -0.15) is 0 Å². The van der Waals surface area contributed by atoms with Crippen molar-refractivity contribution in [1.29, 1.82) is 0 Å². The van der Waals surface area contributed by atoms with Gasteiger partial charge in [0.1, 0.15) is 0 Å². The largest absolute Gasteiger partial charge is 0.329 e. The third-order valence-corrected chi connectivity index (χ3v) is 2.90. The van der Waals surface area contributed by atoms with Crippen molar-refractivity contribution in [1.82, 2.24) is 10.2 Å². The van der Waals surface area contributed by atoms with Crippen molar-refractivity contribution in [2.75, 3.05) is 33.7 Å². The number of nitrogens with one attached hydrogen (secondary N) is 1. The molecule has 96 valence electrons. The van der Waals surface area contributed by atoms with Crippen molar-refractivity contribution in [2.24, 2.45) is 5.73 Å². The van der Waals surface area contributed by atoms with Crippen molar-refractivity contribution < 1.29 is 0 Å². The van der Waals surface area contributed by atoms with Gasteiger partial charge in [0.15, 0.2) is 0 Å². The number of likely N-dealkylation sites (N-methyl/N-ethyl adjacent to an activating group) is 1. The van der Waals surface area contributed by atoms with Crippen molar-refractivity contribution >= 4 is 0 Å². The topological polar surface area (TPSA) is 41.3 Å². The third-order valence-electron chi connectivity index (χ3n) is 2.90. The summed E-state index contributed by atoms with van der Waals surface area (Å²) >= 11 is 0. The first-order chi connectivity index (χ1) is 8.22. The first kappa shape index (κ1) is 14.2. The predicted octanol–water partition coefficient (Wildman–Crippen LogP) is 1.10. The summed E-state index contributed by atoms with van der Waals surface area (Å²) in [6, 6.07) is 11.0. The number of aryl methyl sites for hydroxylation is 1. The molecule has 0 spiro atoms. The molecule has 3 nitrogen and oxygen atoms in total. The normalized spacial score (nSPS) is 12.9. The number of hydrogen-bond donors (Lipinski definition) is 2. The summed E-state index contributed by atoms with van der Waals surface area (Å²) in [5, 5.41) is 3.50. The Morgan fingerprint density at radius 3 is 2.53 bits per heavy atom. The molecule has 0 heterocycles. The van der Waals surface area contributed by atoms with E-state index in [2.05, 4.69) is 54.6 Å². The molecule has 0 saturated heterocycles. The van der Waals surface area contributed by atoms with Crippen LogP contribution in [0.3, 0.4) is 0 Å². The average molecular weight is 235 g/mol. The number of rotatable bonds is 8. The van der Waals surface area contributed by atoms with Crippen LogP contribution in [0.25, 0.3) is 0 Å². The zero-order valence-corrected chi connectivity index (χ0v) is 11.0. The van der Waals surface area contributed by atoms with E-state index in [1.54, 1.807) is 0 Å². The highest BCUT2D eigenvalue weighted by Crippen LogP contribution is 2.04. The van der Waals surface area contributed by atoms with Gasteiger partial charge in [-0.25, -0.2) is 0 Å². The second-order valence-corrected chi connectivity index (χ2v) is 4.71. The van der Waals surface area contributed by atoms with Crippen LogP contribution in [0.5, 0.6) is 0 Å². The molecule has 0 aromatic heterocycles. The van der Waals surface area contributed by atoms with E-state index in [9.17, 15) is 0 Å². The zero-order valence-electron chi connectivity index (χ0n) is 11.0. The molecule has 0 fully saturated rings. The Hall–Kier alpha value is -0.900. The Kier molecular flexibility index (Phi) is 6.86. The molecule has 1 aromatic carbocycles. The summed E-state index contributed by atoms with van der Waals surface area (Å²) in [6.07, 6.45) is 2.20. The van der Waals surface area contributed by atoms with Gasteiger partial charge in [0.25, 0.3) is 0 Å². The van der Waals surface area contributed by atoms with Crippen LogP contribution in [0.4, 0.5) is 0 Å². The van der Waals surface area contributed by atoms with E-state index in [-0.39, 0.29) is 0 Å². The Morgan fingerprint density at radius 1 is 1.24 bits per heavy atom. The molecule has 0 radical (unpaired) electrons. The maximum atomic E-state index is 5.78. The second-order valence-electron chi connectivity index (χ2n) is 4.71. The van der Waals surface area contributed by atoms with Crippen LogP contribution >= 0.6 is 0 Å². The minimum absolute atomic E-state index is 0.426. The molecule has 0 bridgehead atoms. The number of nitrogens with zero attached hydrogens (tertiary/aromatic N) is 1. The van der Waals surface area contributed by atoms with Gasteiger partial charge in [0, 0.05) is 25.7 Å². The lowest BCUT2D eigenvalue weighted by Crippen LogP contribution is -2.39. The van der Waals surface area contributed by atoms with Gasteiger partial charge >= 0.3 is 0 Å². The third kappa shape index (κ3) is 6.41. The fraction of sp³-hybridized carbons (Fsp3) is 0.571. The van der Waals surface area contributed by atoms with E-state index in [1.807, 2.05) is 0 Å². The Balaban J connectivity index is 2.23. The first-order valence-electron chi connectivity index (χ1n) is 6.34.